The number of rotatable bonds is 4. The predicted molar refractivity (Wildman–Crippen MR) is 43.9 cm³/mol. The first-order chi connectivity index (χ1) is 4.89. The van der Waals surface area contributed by atoms with Gasteiger partial charge >= 0.3 is 5.85 Å². The van der Waals surface area contributed by atoms with Gasteiger partial charge in [-0.05, 0) is 29.4 Å². The van der Waals surface area contributed by atoms with Crippen LogP contribution in [-0.2, 0) is 14.2 Å². The second kappa shape index (κ2) is 4.43. The fourth-order valence-electron chi connectivity index (χ4n) is 0.453. The summed E-state index contributed by atoms with van der Waals surface area (Å²) in [7, 11) is 1.33. The van der Waals surface area contributed by atoms with Crippen molar-refractivity contribution >= 4 is 33.9 Å². The van der Waals surface area contributed by atoms with Gasteiger partial charge in [-0.25, -0.2) is 0 Å². The molecular formula is C4H8Cl2NO3P. The lowest BCUT2D eigenvalue weighted by molar-refractivity contribution is -0.116. The summed E-state index contributed by atoms with van der Waals surface area (Å²) < 4.78 is 10.7. The molecule has 0 unspecified atom stereocenters. The minimum absolute atomic E-state index is 0.761. The first-order valence-electron chi connectivity index (χ1n) is 2.72. The van der Waals surface area contributed by atoms with E-state index < -0.39 is 17.4 Å². The Bertz CT molecular complexity index is 192. The lowest BCUT2D eigenvalue weighted by Gasteiger charge is -2.09. The van der Waals surface area contributed by atoms with Crippen molar-refractivity contribution in [1.29, 1.82) is 0 Å². The third kappa shape index (κ3) is 4.09. The van der Waals surface area contributed by atoms with Crippen LogP contribution in [0.3, 0.4) is 0 Å². The molecule has 0 aliphatic carbocycles. The normalized spacial score (nSPS) is 14.5. The number of carbonyl (C=O) groups excluding carboxylic acids is 1. The molecule has 1 N–H and O–H groups in total. The summed E-state index contributed by atoms with van der Waals surface area (Å²) in [5.41, 5.74) is 1.50. The van der Waals surface area contributed by atoms with Gasteiger partial charge in [0.15, 0.2) is 0 Å². The smallest absolute Gasteiger partial charge is 0.304 e. The minimum Gasteiger partial charge on any atom is -0.304 e. The Labute approximate surface area is 74.1 Å². The van der Waals surface area contributed by atoms with Gasteiger partial charge in [0.05, 0.1) is 13.2 Å². The van der Waals surface area contributed by atoms with Gasteiger partial charge in [-0.2, -0.15) is 5.48 Å². The summed E-state index contributed by atoms with van der Waals surface area (Å²) in [4.78, 5) is 15.3. The average molecular weight is 220 g/mol. The Kier molecular flexibility index (Phi) is 4.59. The fraction of sp³-hybridized carbons (Fsp3) is 0.750. The summed E-state index contributed by atoms with van der Waals surface area (Å²) in [6.45, 7) is 1.45. The molecule has 1 atom stereocenters. The minimum atomic E-state index is -3.68. The lowest BCUT2D eigenvalue weighted by atomic mass is 10.4. The van der Waals surface area contributed by atoms with Crippen LogP contribution in [0, 0.1) is 0 Å². The highest BCUT2D eigenvalue weighted by atomic mass is 35.9. The van der Waals surface area contributed by atoms with Gasteiger partial charge < -0.3 is 4.84 Å². The van der Waals surface area contributed by atoms with Crippen LogP contribution in [0.1, 0.15) is 6.92 Å². The third-order valence-corrected chi connectivity index (χ3v) is 2.82. The molecule has 66 valence electrons. The number of hydroxylamine groups is 1. The third-order valence-electron chi connectivity index (χ3n) is 0.922. The first kappa shape index (κ1) is 11.4. The zero-order valence-electron chi connectivity index (χ0n) is 6.01. The SMILES string of the molecule is CON[C@@H](C)C(=O)P(=O)(Cl)Cl. The highest BCUT2D eigenvalue weighted by molar-refractivity contribution is 8.19. The number of halogens is 2. The number of hydrogen-bond acceptors (Lipinski definition) is 4. The van der Waals surface area contributed by atoms with E-state index >= 15 is 0 Å². The van der Waals surface area contributed by atoms with E-state index in [9.17, 15) is 9.36 Å². The maximum atomic E-state index is 10.9. The van der Waals surface area contributed by atoms with Crippen molar-refractivity contribution < 1.29 is 14.2 Å². The molecule has 0 aliphatic heterocycles. The highest BCUT2D eigenvalue weighted by Gasteiger charge is 2.30. The van der Waals surface area contributed by atoms with Crippen molar-refractivity contribution in [3.8, 4) is 0 Å². The molecule has 7 heteroatoms. The molecule has 0 rings (SSSR count). The van der Waals surface area contributed by atoms with E-state index in [1.165, 1.54) is 14.0 Å². The summed E-state index contributed by atoms with van der Waals surface area (Å²) in [6.07, 6.45) is 0. The molecule has 0 amide bonds. The van der Waals surface area contributed by atoms with Crippen molar-refractivity contribution in [1.82, 2.24) is 5.48 Å². The fourth-order valence-corrected chi connectivity index (χ4v) is 1.83. The van der Waals surface area contributed by atoms with Crippen LogP contribution in [0.15, 0.2) is 0 Å². The zero-order valence-corrected chi connectivity index (χ0v) is 8.41. The van der Waals surface area contributed by atoms with Crippen LogP contribution in [0.25, 0.3) is 0 Å². The molecule has 0 saturated heterocycles. The molecule has 0 aromatic rings. The van der Waals surface area contributed by atoms with E-state index in [0.717, 1.165) is 0 Å². The Balaban J connectivity index is 4.15. The van der Waals surface area contributed by atoms with Crippen LogP contribution in [0.2, 0.25) is 0 Å². The van der Waals surface area contributed by atoms with Crippen LogP contribution >= 0.6 is 28.3 Å². The highest BCUT2D eigenvalue weighted by Crippen LogP contribution is 2.57. The molecule has 11 heavy (non-hydrogen) atoms. The van der Waals surface area contributed by atoms with Crippen molar-refractivity contribution in [2.75, 3.05) is 7.11 Å². The quantitative estimate of drug-likeness (QED) is 0.578. The van der Waals surface area contributed by atoms with E-state index in [2.05, 4.69) is 10.3 Å². The molecule has 0 radical (unpaired) electrons. The van der Waals surface area contributed by atoms with Gasteiger partial charge in [0, 0.05) is 0 Å². The van der Waals surface area contributed by atoms with Gasteiger partial charge in [0.25, 0.3) is 0 Å². The monoisotopic (exact) mass is 219 g/mol. The summed E-state index contributed by atoms with van der Waals surface area (Å²) in [5, 5.41) is 0. The molecule has 0 heterocycles. The Morgan fingerprint density at radius 2 is 2.09 bits per heavy atom. The zero-order chi connectivity index (χ0) is 9.07. The van der Waals surface area contributed by atoms with E-state index in [-0.39, 0.29) is 0 Å². The van der Waals surface area contributed by atoms with Crippen molar-refractivity contribution in [2.24, 2.45) is 0 Å². The largest absolute Gasteiger partial charge is 0.318 e. The molecule has 0 aromatic heterocycles. The van der Waals surface area contributed by atoms with Gasteiger partial charge in [-0.1, -0.05) is 0 Å². The Morgan fingerprint density at radius 1 is 1.64 bits per heavy atom. The topological polar surface area (TPSA) is 55.4 Å². The van der Waals surface area contributed by atoms with Gasteiger partial charge in [-0.3, -0.25) is 9.36 Å². The van der Waals surface area contributed by atoms with Crippen LogP contribution in [0.4, 0.5) is 0 Å². The average Bonchev–Trinajstić information content (AvgIpc) is 1.85. The van der Waals surface area contributed by atoms with Gasteiger partial charge in [-0.15, -0.1) is 0 Å². The van der Waals surface area contributed by atoms with Gasteiger partial charge in [0.2, 0.25) is 5.52 Å². The van der Waals surface area contributed by atoms with Crippen molar-refractivity contribution in [3.05, 3.63) is 0 Å². The van der Waals surface area contributed by atoms with E-state index in [1.807, 2.05) is 0 Å². The lowest BCUT2D eigenvalue weighted by Crippen LogP contribution is -2.31. The number of carbonyl (C=O) groups is 1. The Morgan fingerprint density at radius 3 is 2.36 bits per heavy atom. The van der Waals surface area contributed by atoms with Crippen LogP contribution in [-0.4, -0.2) is 18.7 Å². The molecule has 0 fully saturated rings. The maximum Gasteiger partial charge on any atom is 0.318 e. The first-order valence-corrected chi connectivity index (χ1v) is 6.23. The number of hydrogen-bond donors (Lipinski definition) is 1. The standard InChI is InChI=1S/C4H8Cl2NO3P/c1-3(7-10-2)4(8)11(5,6)9/h3,7H,1-2H3/t3-/m0/s1. The van der Waals surface area contributed by atoms with E-state index in [1.54, 1.807) is 0 Å². The van der Waals surface area contributed by atoms with Crippen LogP contribution < -0.4 is 5.48 Å². The van der Waals surface area contributed by atoms with Crippen molar-refractivity contribution in [2.45, 2.75) is 13.0 Å². The molecular weight excluding hydrogens is 212 g/mol. The summed E-state index contributed by atoms with van der Waals surface area (Å²) in [6, 6.07) is -0.763. The second-order valence-electron chi connectivity index (χ2n) is 1.84. The molecule has 0 bridgehead atoms. The second-order valence-corrected chi connectivity index (χ2v) is 6.58. The molecule has 0 aliphatic rings. The molecule has 0 aromatic carbocycles. The predicted octanol–water partition coefficient (Wildman–Crippen LogP) is 1.72. The summed E-state index contributed by atoms with van der Waals surface area (Å²) >= 11 is 10.2. The Hall–Kier alpha value is 0.400. The molecule has 4 nitrogen and oxygen atoms in total. The van der Waals surface area contributed by atoms with E-state index in [4.69, 9.17) is 22.5 Å². The van der Waals surface area contributed by atoms with Crippen molar-refractivity contribution in [3.63, 3.8) is 0 Å². The molecule has 0 saturated carbocycles. The molecule has 0 spiro atoms. The van der Waals surface area contributed by atoms with E-state index in [0.29, 0.717) is 0 Å². The van der Waals surface area contributed by atoms with Gasteiger partial charge in [0.1, 0.15) is 0 Å². The number of nitrogens with one attached hydrogen (secondary N) is 1. The summed E-state index contributed by atoms with van der Waals surface area (Å²) in [5.74, 6) is -3.68. The van der Waals surface area contributed by atoms with Crippen LogP contribution in [0.5, 0.6) is 0 Å². The maximum absolute atomic E-state index is 10.9.